The molecule has 1 amide bonds. The summed E-state index contributed by atoms with van der Waals surface area (Å²) in [6.07, 6.45) is 6.65. The van der Waals surface area contributed by atoms with Gasteiger partial charge in [-0.05, 0) is 86.3 Å². The average Bonchev–Trinajstić information content (AvgIpc) is 3.20. The number of phenols is 1. The molecular weight excluding hydrogens is 707 g/mol. The standard InChI is InChI=1S/C41H53N5O7S/c1-29(45-22-24-46(25-23-45)31-7-3-2-4-8-31)30-12-14-33(15-13-30)54(51,52)34-10-5-9-32(27-34)53-26-21-43-39(49)11-6-20-42-28-38(48)35-16-18-37(47)41-36(35)17-19-40(50)44-41/h5,9-10,12-19,27,29,31,38,42,47-48H,2-4,6-8,11,20-26,28H2,1H3,(H,43,49)(H,44,50)/t29-,38-/m0/s1. The van der Waals surface area contributed by atoms with Gasteiger partial charge in [0.2, 0.25) is 21.3 Å². The van der Waals surface area contributed by atoms with Crippen LogP contribution in [0.2, 0.25) is 0 Å². The van der Waals surface area contributed by atoms with Gasteiger partial charge < -0.3 is 30.6 Å². The van der Waals surface area contributed by atoms with Gasteiger partial charge in [0.05, 0.1) is 28.0 Å². The highest BCUT2D eigenvalue weighted by Gasteiger charge is 2.28. The molecule has 2 atom stereocenters. The summed E-state index contributed by atoms with van der Waals surface area (Å²) in [5, 5.41) is 27.3. The number of hydrogen-bond acceptors (Lipinski definition) is 10. The highest BCUT2D eigenvalue weighted by molar-refractivity contribution is 7.91. The van der Waals surface area contributed by atoms with Crippen LogP contribution in [0.4, 0.5) is 0 Å². The number of sulfone groups is 1. The average molecular weight is 760 g/mol. The molecule has 1 aliphatic carbocycles. The fraction of sp³-hybridized carbons (Fsp3) is 0.463. The molecule has 0 spiro atoms. The van der Waals surface area contributed by atoms with Crippen molar-refractivity contribution < 1.29 is 28.2 Å². The molecule has 0 unspecified atom stereocenters. The van der Waals surface area contributed by atoms with Crippen LogP contribution < -0.4 is 20.9 Å². The van der Waals surface area contributed by atoms with Crippen LogP contribution in [0.5, 0.6) is 11.5 Å². The van der Waals surface area contributed by atoms with Crippen LogP contribution in [0.25, 0.3) is 10.9 Å². The van der Waals surface area contributed by atoms with Crippen LogP contribution >= 0.6 is 0 Å². The van der Waals surface area contributed by atoms with E-state index in [1.54, 1.807) is 42.5 Å². The first-order valence-corrected chi connectivity index (χ1v) is 20.6. The zero-order valence-electron chi connectivity index (χ0n) is 31.0. The lowest BCUT2D eigenvalue weighted by Gasteiger charge is -2.42. The SMILES string of the molecule is C[C@@H](c1ccc(S(=O)(=O)c2cccc(OCCNC(=O)CCCNC[C@H](O)c3ccc(O)c4[nH]c(=O)ccc34)c2)cc1)N1CCN(C2CCCCC2)CC1. The minimum absolute atomic E-state index is 0.0698. The van der Waals surface area contributed by atoms with Crippen LogP contribution in [0.3, 0.4) is 0 Å². The van der Waals surface area contributed by atoms with Crippen LogP contribution in [0, 0.1) is 0 Å². The number of carbonyl (C=O) groups excluding carboxylic acids is 1. The lowest BCUT2D eigenvalue weighted by atomic mass is 9.93. The number of amides is 1. The van der Waals surface area contributed by atoms with Crippen molar-refractivity contribution in [2.24, 2.45) is 0 Å². The third kappa shape index (κ3) is 9.88. The number of rotatable bonds is 16. The number of piperazine rings is 1. The van der Waals surface area contributed by atoms with Gasteiger partial charge in [-0.1, -0.05) is 43.5 Å². The second kappa shape index (κ2) is 18.4. The molecule has 3 aromatic carbocycles. The van der Waals surface area contributed by atoms with Crippen molar-refractivity contribution in [3.05, 3.63) is 94.3 Å². The first kappa shape index (κ1) is 39.4. The Bertz CT molecular complexity index is 2020. The quantitative estimate of drug-likeness (QED) is 0.101. The molecule has 54 heavy (non-hydrogen) atoms. The molecule has 13 heteroatoms. The number of hydrogen-bond donors (Lipinski definition) is 5. The molecule has 1 saturated heterocycles. The van der Waals surface area contributed by atoms with Crippen molar-refractivity contribution in [1.82, 2.24) is 25.4 Å². The highest BCUT2D eigenvalue weighted by Crippen LogP contribution is 2.30. The van der Waals surface area contributed by atoms with E-state index in [1.807, 2.05) is 12.1 Å². The minimum Gasteiger partial charge on any atom is -0.506 e. The van der Waals surface area contributed by atoms with E-state index >= 15 is 0 Å². The molecule has 290 valence electrons. The number of H-pyrrole nitrogens is 1. The maximum atomic E-state index is 13.5. The summed E-state index contributed by atoms with van der Waals surface area (Å²) in [7, 11) is -3.76. The Labute approximate surface area is 317 Å². The number of aromatic amines is 1. The fourth-order valence-corrected chi connectivity index (χ4v) is 8.96. The summed E-state index contributed by atoms with van der Waals surface area (Å²) < 4.78 is 32.9. The van der Waals surface area contributed by atoms with Gasteiger partial charge in [-0.3, -0.25) is 19.4 Å². The number of carbonyl (C=O) groups is 1. The van der Waals surface area contributed by atoms with Gasteiger partial charge in [0.1, 0.15) is 18.1 Å². The Kier molecular flexibility index (Phi) is 13.4. The summed E-state index contributed by atoms with van der Waals surface area (Å²) in [5.41, 5.74) is 1.61. The van der Waals surface area contributed by atoms with Crippen molar-refractivity contribution >= 4 is 26.6 Å². The molecular formula is C41H53N5O7S. The second-order valence-electron chi connectivity index (χ2n) is 14.4. The zero-order valence-corrected chi connectivity index (χ0v) is 31.8. The molecule has 0 radical (unpaired) electrons. The third-order valence-electron chi connectivity index (χ3n) is 10.8. The first-order valence-electron chi connectivity index (χ1n) is 19.2. The zero-order chi connectivity index (χ0) is 38.1. The molecule has 1 aromatic heterocycles. The number of aromatic hydroxyl groups is 1. The number of benzene rings is 3. The molecule has 1 aliphatic heterocycles. The van der Waals surface area contributed by atoms with Crippen molar-refractivity contribution in [2.75, 3.05) is 52.4 Å². The molecule has 2 heterocycles. The lowest BCUT2D eigenvalue weighted by molar-refractivity contribution is -0.121. The predicted molar refractivity (Wildman–Crippen MR) is 209 cm³/mol. The van der Waals surface area contributed by atoms with Crippen molar-refractivity contribution in [3.8, 4) is 11.5 Å². The summed E-state index contributed by atoms with van der Waals surface area (Å²) in [6, 6.07) is 20.6. The maximum Gasteiger partial charge on any atom is 0.248 e. The predicted octanol–water partition coefficient (Wildman–Crippen LogP) is 4.68. The van der Waals surface area contributed by atoms with Gasteiger partial charge in [-0.25, -0.2) is 8.42 Å². The first-order chi connectivity index (χ1) is 26.1. The maximum absolute atomic E-state index is 13.5. The Hall–Kier alpha value is -4.27. The smallest absolute Gasteiger partial charge is 0.248 e. The Morgan fingerprint density at radius 1 is 0.944 bits per heavy atom. The number of pyridine rings is 1. The number of aromatic nitrogens is 1. The summed E-state index contributed by atoms with van der Waals surface area (Å²) in [4.78, 5) is 32.1. The molecule has 0 bridgehead atoms. The van der Waals surface area contributed by atoms with Crippen molar-refractivity contribution in [3.63, 3.8) is 0 Å². The third-order valence-corrected chi connectivity index (χ3v) is 12.6. The number of fused-ring (bicyclic) bond motifs is 1. The van der Waals surface area contributed by atoms with E-state index in [1.165, 1.54) is 50.3 Å². The summed E-state index contributed by atoms with van der Waals surface area (Å²) in [6.45, 7) is 7.57. The van der Waals surface area contributed by atoms with E-state index in [0.29, 0.717) is 29.7 Å². The number of phenolic OH excluding ortho intramolecular Hbond substituents is 1. The Balaban J connectivity index is 0.897. The van der Waals surface area contributed by atoms with Crippen molar-refractivity contribution in [1.29, 1.82) is 0 Å². The number of nitrogens with zero attached hydrogens (tertiary/aromatic N) is 2. The van der Waals surface area contributed by atoms with Crippen molar-refractivity contribution in [2.45, 2.75) is 79.8 Å². The Morgan fingerprint density at radius 3 is 2.46 bits per heavy atom. The van der Waals surface area contributed by atoms with Gasteiger partial charge in [0.15, 0.2) is 0 Å². The Morgan fingerprint density at radius 2 is 1.70 bits per heavy atom. The topological polar surface area (TPSA) is 164 Å². The van der Waals surface area contributed by atoms with E-state index in [-0.39, 0.29) is 64.7 Å². The molecule has 4 aromatic rings. The molecule has 1 saturated carbocycles. The molecule has 2 fully saturated rings. The number of nitrogens with one attached hydrogen (secondary N) is 3. The van der Waals surface area contributed by atoms with Gasteiger partial charge in [0.25, 0.3) is 0 Å². The highest BCUT2D eigenvalue weighted by atomic mass is 32.2. The normalized spacial score (nSPS) is 17.3. The van der Waals surface area contributed by atoms with Gasteiger partial charge in [-0.2, -0.15) is 0 Å². The largest absolute Gasteiger partial charge is 0.506 e. The minimum atomic E-state index is -3.76. The van der Waals surface area contributed by atoms with Gasteiger partial charge in [-0.15, -0.1) is 0 Å². The number of aliphatic hydroxyl groups excluding tert-OH is 1. The summed E-state index contributed by atoms with van der Waals surface area (Å²) in [5.74, 6) is 0.184. The number of ether oxygens (including phenoxy) is 1. The molecule has 5 N–H and O–H groups in total. The summed E-state index contributed by atoms with van der Waals surface area (Å²) >= 11 is 0. The molecule has 2 aliphatic rings. The van der Waals surface area contributed by atoms with Crippen LogP contribution in [0.1, 0.15) is 75.1 Å². The monoisotopic (exact) mass is 759 g/mol. The number of aliphatic hydroxyl groups is 1. The fourth-order valence-electron chi connectivity index (χ4n) is 7.66. The van der Waals surface area contributed by atoms with Gasteiger partial charge in [0, 0.05) is 62.7 Å². The van der Waals surface area contributed by atoms with E-state index < -0.39 is 15.9 Å². The van der Waals surface area contributed by atoms with E-state index in [2.05, 4.69) is 32.3 Å². The van der Waals surface area contributed by atoms with Crippen LogP contribution in [0.15, 0.2) is 87.4 Å². The van der Waals surface area contributed by atoms with Crippen LogP contribution in [-0.4, -0.2) is 97.8 Å². The second-order valence-corrected chi connectivity index (χ2v) is 16.3. The van der Waals surface area contributed by atoms with E-state index in [0.717, 1.165) is 37.8 Å². The van der Waals surface area contributed by atoms with Crippen LogP contribution in [-0.2, 0) is 14.6 Å². The molecule has 6 rings (SSSR count). The van der Waals surface area contributed by atoms with Gasteiger partial charge >= 0.3 is 0 Å². The van der Waals surface area contributed by atoms with E-state index in [9.17, 15) is 28.2 Å². The molecule has 12 nitrogen and oxygen atoms in total. The van der Waals surface area contributed by atoms with E-state index in [4.69, 9.17) is 4.74 Å². The lowest BCUT2D eigenvalue weighted by Crippen LogP contribution is -2.51.